The van der Waals surface area contributed by atoms with Crippen molar-refractivity contribution in [3.05, 3.63) is 44.9 Å². The maximum Gasteiger partial charge on any atom is 0.341 e. The number of β-amino-alcohol motifs (C(OH)–C–C–N with tert-alkyl or cyclic N) is 1. The summed E-state index contributed by atoms with van der Waals surface area (Å²) in [4.78, 5) is 47.1. The number of carbonyl (C=O) groups excluding carboxylic acids is 2. The number of nitrogens with zero attached hydrogens (tertiary/aromatic N) is 2. The van der Waals surface area contributed by atoms with Crippen LogP contribution in [-0.2, 0) is 14.3 Å². The van der Waals surface area contributed by atoms with Crippen molar-refractivity contribution in [2.24, 2.45) is 0 Å². The summed E-state index contributed by atoms with van der Waals surface area (Å²) in [6.07, 6.45) is 0. The molecule has 1 heterocycles. The fourth-order valence-corrected chi connectivity index (χ4v) is 2.53. The lowest BCUT2D eigenvalue weighted by atomic mass is 10.1. The Bertz CT molecular complexity index is 867. The molecule has 0 fully saturated rings. The number of hydrogen-bond acceptors (Lipinski definition) is 8. The highest BCUT2D eigenvalue weighted by atomic mass is 19.1. The average Bonchev–Trinajstić information content (AvgIpc) is 2.90. The number of nitrogens with one attached hydrogen (secondary N) is 1. The molecule has 12 heteroatoms. The maximum absolute atomic E-state index is 14.0. The Morgan fingerprint density at radius 2 is 2.11 bits per heavy atom. The molecule has 144 valence electrons. The van der Waals surface area contributed by atoms with E-state index in [2.05, 4.69) is 10.1 Å². The fourth-order valence-electron chi connectivity index (χ4n) is 2.53. The zero-order chi connectivity index (χ0) is 20.3. The third kappa shape index (κ3) is 3.69. The second kappa shape index (κ2) is 7.78. The predicted molar refractivity (Wildman–Crippen MR) is 86.3 cm³/mol. The molecule has 2 rings (SSSR count). The van der Waals surface area contributed by atoms with Crippen molar-refractivity contribution in [3.8, 4) is 0 Å². The normalized spacial score (nSPS) is 13.7. The van der Waals surface area contributed by atoms with Crippen molar-refractivity contribution < 1.29 is 38.6 Å². The number of carbonyl (C=O) groups is 3. The smallest absolute Gasteiger partial charge is 0.341 e. The Morgan fingerprint density at radius 1 is 1.44 bits per heavy atom. The number of halogens is 1. The van der Waals surface area contributed by atoms with Crippen molar-refractivity contribution in [1.29, 1.82) is 0 Å². The Balaban J connectivity index is 2.63. The second-order valence-corrected chi connectivity index (χ2v) is 5.30. The average molecular weight is 383 g/mol. The van der Waals surface area contributed by atoms with Crippen LogP contribution in [0.2, 0.25) is 0 Å². The number of anilines is 1. The molecule has 0 aromatic heterocycles. The van der Waals surface area contributed by atoms with Gasteiger partial charge >= 0.3 is 11.9 Å². The molecule has 0 aliphatic carbocycles. The van der Waals surface area contributed by atoms with E-state index in [0.29, 0.717) is 6.07 Å². The van der Waals surface area contributed by atoms with Gasteiger partial charge < -0.3 is 25.2 Å². The van der Waals surface area contributed by atoms with Gasteiger partial charge in [-0.1, -0.05) is 0 Å². The van der Waals surface area contributed by atoms with Crippen molar-refractivity contribution in [1.82, 2.24) is 4.90 Å². The van der Waals surface area contributed by atoms with Crippen molar-refractivity contribution >= 4 is 29.2 Å². The van der Waals surface area contributed by atoms with Crippen LogP contribution in [0.3, 0.4) is 0 Å². The minimum atomic E-state index is -1.81. The van der Waals surface area contributed by atoms with E-state index in [9.17, 15) is 34.0 Å². The SMILES string of the molecule is COC(=O)C1=C(Nc2c([N+](=O)[O-])ccc(F)c2C(=O)O)C(=O)N(CCO)C1. The van der Waals surface area contributed by atoms with Gasteiger partial charge in [0.25, 0.3) is 11.6 Å². The molecule has 0 saturated heterocycles. The van der Waals surface area contributed by atoms with Crippen LogP contribution in [0.15, 0.2) is 23.4 Å². The molecule has 1 amide bonds. The van der Waals surface area contributed by atoms with Gasteiger partial charge in [-0.3, -0.25) is 14.9 Å². The third-order valence-corrected chi connectivity index (χ3v) is 3.75. The Morgan fingerprint density at radius 3 is 2.63 bits per heavy atom. The molecule has 27 heavy (non-hydrogen) atoms. The topological polar surface area (TPSA) is 159 Å². The number of aliphatic hydroxyl groups excluding tert-OH is 1. The fraction of sp³-hybridized carbons (Fsp3) is 0.267. The zero-order valence-corrected chi connectivity index (χ0v) is 13.9. The molecule has 0 saturated carbocycles. The number of aromatic carboxylic acids is 1. The van der Waals surface area contributed by atoms with E-state index in [1.165, 1.54) is 0 Å². The van der Waals surface area contributed by atoms with Crippen LogP contribution in [0.4, 0.5) is 15.8 Å². The highest BCUT2D eigenvalue weighted by Gasteiger charge is 2.37. The van der Waals surface area contributed by atoms with Gasteiger partial charge in [-0.15, -0.1) is 0 Å². The van der Waals surface area contributed by atoms with E-state index in [4.69, 9.17) is 5.11 Å². The Hall–Kier alpha value is -3.54. The molecule has 0 bridgehead atoms. The number of carboxylic acids is 1. The minimum Gasteiger partial charge on any atom is -0.478 e. The number of nitro benzene ring substituents is 1. The van der Waals surface area contributed by atoms with Gasteiger partial charge in [0.15, 0.2) is 0 Å². The molecule has 0 atom stereocenters. The summed E-state index contributed by atoms with van der Waals surface area (Å²) in [5.41, 5.74) is -3.39. The van der Waals surface area contributed by atoms with E-state index >= 15 is 0 Å². The van der Waals surface area contributed by atoms with Gasteiger partial charge in [0.2, 0.25) is 0 Å². The Labute approximate surface area is 150 Å². The van der Waals surface area contributed by atoms with E-state index in [-0.39, 0.29) is 18.7 Å². The van der Waals surface area contributed by atoms with Crippen LogP contribution >= 0.6 is 0 Å². The van der Waals surface area contributed by atoms with E-state index < -0.39 is 57.8 Å². The molecule has 1 aliphatic rings. The maximum atomic E-state index is 14.0. The number of methoxy groups -OCH3 is 1. The van der Waals surface area contributed by atoms with Crippen LogP contribution in [-0.4, -0.2) is 64.7 Å². The molecule has 1 aliphatic heterocycles. The summed E-state index contributed by atoms with van der Waals surface area (Å²) in [6.45, 7) is -0.852. The molecule has 1 aromatic rings. The quantitative estimate of drug-likeness (QED) is 0.337. The number of carboxylic acid groups (broad SMARTS) is 1. The first kappa shape index (κ1) is 19.8. The first-order valence-electron chi connectivity index (χ1n) is 7.41. The van der Waals surface area contributed by atoms with Gasteiger partial charge in [0.05, 0.1) is 30.8 Å². The lowest BCUT2D eigenvalue weighted by Gasteiger charge is -2.15. The van der Waals surface area contributed by atoms with Gasteiger partial charge in [-0.05, 0) is 6.07 Å². The van der Waals surface area contributed by atoms with Crippen LogP contribution in [0.25, 0.3) is 0 Å². The van der Waals surface area contributed by atoms with Crippen molar-refractivity contribution in [2.45, 2.75) is 0 Å². The van der Waals surface area contributed by atoms with Crippen LogP contribution in [0, 0.1) is 15.9 Å². The molecular formula is C15H14FN3O8. The molecule has 1 aromatic carbocycles. The molecule has 11 nitrogen and oxygen atoms in total. The summed E-state index contributed by atoms with van der Waals surface area (Å²) in [5.74, 6) is -4.85. The largest absolute Gasteiger partial charge is 0.478 e. The van der Waals surface area contributed by atoms with E-state index in [0.717, 1.165) is 18.1 Å². The molecule has 3 N–H and O–H groups in total. The van der Waals surface area contributed by atoms with Gasteiger partial charge in [0.1, 0.15) is 22.8 Å². The number of hydrogen-bond donors (Lipinski definition) is 3. The number of benzene rings is 1. The zero-order valence-electron chi connectivity index (χ0n) is 13.9. The van der Waals surface area contributed by atoms with Crippen LogP contribution in [0.1, 0.15) is 10.4 Å². The molecule has 0 unspecified atom stereocenters. The molecule has 0 spiro atoms. The number of nitro groups is 1. The standard InChI is InChI=1S/C15H14FN3O8/c1-27-15(24)7-6-18(4-5-20)13(21)11(7)17-12-9(19(25)26)3-2-8(16)10(12)14(22)23/h2-3,17,20H,4-6H2,1H3,(H,22,23). The van der Waals surface area contributed by atoms with Crippen LogP contribution < -0.4 is 5.32 Å². The second-order valence-electron chi connectivity index (χ2n) is 5.30. The number of rotatable bonds is 7. The number of aliphatic hydroxyl groups is 1. The highest BCUT2D eigenvalue weighted by molar-refractivity contribution is 6.10. The van der Waals surface area contributed by atoms with Gasteiger partial charge in [-0.25, -0.2) is 14.0 Å². The first-order valence-corrected chi connectivity index (χ1v) is 7.41. The van der Waals surface area contributed by atoms with E-state index in [1.807, 2.05) is 0 Å². The van der Waals surface area contributed by atoms with Gasteiger partial charge in [-0.2, -0.15) is 0 Å². The Kier molecular flexibility index (Phi) is 5.70. The van der Waals surface area contributed by atoms with E-state index in [1.54, 1.807) is 0 Å². The van der Waals surface area contributed by atoms with Gasteiger partial charge in [0, 0.05) is 12.6 Å². The molecule has 0 radical (unpaired) electrons. The summed E-state index contributed by atoms with van der Waals surface area (Å²) in [5, 5.41) is 31.7. The van der Waals surface area contributed by atoms with Crippen LogP contribution in [0.5, 0.6) is 0 Å². The lowest BCUT2D eigenvalue weighted by molar-refractivity contribution is -0.384. The van der Waals surface area contributed by atoms with Crippen molar-refractivity contribution in [3.63, 3.8) is 0 Å². The number of amides is 1. The monoisotopic (exact) mass is 383 g/mol. The summed E-state index contributed by atoms with van der Waals surface area (Å²) < 4.78 is 18.5. The minimum absolute atomic E-state index is 0.151. The molecular weight excluding hydrogens is 369 g/mol. The summed E-state index contributed by atoms with van der Waals surface area (Å²) in [7, 11) is 1.04. The predicted octanol–water partition coefficient (Wildman–Crippen LogP) is 0.106. The summed E-state index contributed by atoms with van der Waals surface area (Å²) >= 11 is 0. The number of esters is 1. The first-order chi connectivity index (χ1) is 12.7. The summed E-state index contributed by atoms with van der Waals surface area (Å²) in [6, 6.07) is 1.34. The van der Waals surface area contributed by atoms with Crippen molar-refractivity contribution in [2.75, 3.05) is 32.1 Å². The lowest BCUT2D eigenvalue weighted by Crippen LogP contribution is -2.31. The number of ether oxygens (including phenoxy) is 1. The third-order valence-electron chi connectivity index (χ3n) is 3.75. The highest BCUT2D eigenvalue weighted by Crippen LogP contribution is 2.33.